The van der Waals surface area contributed by atoms with Crippen LogP contribution in [0.15, 0.2) is 24.3 Å². The van der Waals surface area contributed by atoms with Gasteiger partial charge in [-0.15, -0.1) is 11.3 Å². The van der Waals surface area contributed by atoms with Gasteiger partial charge in [-0.1, -0.05) is 24.6 Å². The van der Waals surface area contributed by atoms with Crippen molar-refractivity contribution in [3.05, 3.63) is 46.1 Å². The highest BCUT2D eigenvalue weighted by atomic mass is 32.1. The maximum atomic E-state index is 4.77. The van der Waals surface area contributed by atoms with E-state index in [0.29, 0.717) is 0 Å². The Hall–Kier alpha value is -1.94. The van der Waals surface area contributed by atoms with Gasteiger partial charge in [-0.05, 0) is 43.9 Å². The van der Waals surface area contributed by atoms with E-state index in [1.165, 1.54) is 34.2 Å². The van der Waals surface area contributed by atoms with E-state index in [0.717, 1.165) is 35.0 Å². The van der Waals surface area contributed by atoms with Gasteiger partial charge in [-0.25, -0.2) is 9.97 Å². The van der Waals surface area contributed by atoms with Crippen LogP contribution in [0.3, 0.4) is 0 Å². The lowest BCUT2D eigenvalue weighted by molar-refractivity contribution is 0.915. The molecule has 1 aliphatic carbocycles. The molecule has 0 atom stereocenters. The highest BCUT2D eigenvalue weighted by Crippen LogP contribution is 2.40. The summed E-state index contributed by atoms with van der Waals surface area (Å²) in [5.41, 5.74) is 3.83. The molecule has 0 unspecified atom stereocenters. The molecule has 1 aliphatic rings. The van der Waals surface area contributed by atoms with E-state index in [9.17, 15) is 0 Å². The minimum absolute atomic E-state index is 0.862. The number of benzene rings is 1. The second-order valence-electron chi connectivity index (χ2n) is 5.87. The molecule has 0 amide bonds. The summed E-state index contributed by atoms with van der Waals surface area (Å²) in [5, 5.41) is 4.77. The Morgan fingerprint density at radius 2 is 1.95 bits per heavy atom. The molecule has 2 aromatic heterocycles. The lowest BCUT2D eigenvalue weighted by Gasteiger charge is -2.10. The average Bonchev–Trinajstić information content (AvgIpc) is 3.09. The highest BCUT2D eigenvalue weighted by Gasteiger charge is 2.22. The van der Waals surface area contributed by atoms with Crippen molar-refractivity contribution in [3.8, 4) is 0 Å². The smallest absolute Gasteiger partial charge is 0.143 e. The molecule has 2 heterocycles. The Balaban J connectivity index is 1.85. The van der Waals surface area contributed by atoms with Gasteiger partial charge in [0.25, 0.3) is 0 Å². The molecule has 1 aromatic carbocycles. The summed E-state index contributed by atoms with van der Waals surface area (Å²) >= 11 is 1.85. The minimum atomic E-state index is 0.862. The van der Waals surface area contributed by atoms with Crippen molar-refractivity contribution in [1.29, 1.82) is 0 Å². The Kier molecular flexibility index (Phi) is 3.34. The van der Waals surface area contributed by atoms with Crippen molar-refractivity contribution in [3.63, 3.8) is 0 Å². The first-order valence-corrected chi connectivity index (χ1v) is 8.71. The number of aryl methyl sites for hydroxylation is 4. The monoisotopic (exact) mass is 309 g/mol. The van der Waals surface area contributed by atoms with Crippen LogP contribution in [0.25, 0.3) is 10.2 Å². The maximum Gasteiger partial charge on any atom is 0.143 e. The Morgan fingerprint density at radius 3 is 2.73 bits per heavy atom. The lowest BCUT2D eigenvalue weighted by atomic mass is 10.1. The molecular weight excluding hydrogens is 290 g/mol. The molecule has 0 bridgehead atoms. The molecule has 0 saturated carbocycles. The quantitative estimate of drug-likeness (QED) is 0.755. The van der Waals surface area contributed by atoms with Crippen LogP contribution in [0.5, 0.6) is 0 Å². The lowest BCUT2D eigenvalue weighted by Crippen LogP contribution is -2.00. The molecule has 0 spiro atoms. The number of nitrogens with one attached hydrogen (secondary N) is 1. The summed E-state index contributed by atoms with van der Waals surface area (Å²) in [5.74, 6) is 1.90. The highest BCUT2D eigenvalue weighted by molar-refractivity contribution is 7.19. The van der Waals surface area contributed by atoms with Crippen molar-refractivity contribution >= 4 is 33.1 Å². The van der Waals surface area contributed by atoms with Crippen molar-refractivity contribution in [2.45, 2.75) is 39.5 Å². The van der Waals surface area contributed by atoms with Gasteiger partial charge in [0.2, 0.25) is 0 Å². The molecule has 112 valence electrons. The van der Waals surface area contributed by atoms with Gasteiger partial charge < -0.3 is 5.32 Å². The zero-order chi connectivity index (χ0) is 15.1. The van der Waals surface area contributed by atoms with Crippen LogP contribution in [-0.4, -0.2) is 9.97 Å². The van der Waals surface area contributed by atoms with Crippen LogP contribution in [0.2, 0.25) is 0 Å². The van der Waals surface area contributed by atoms with Gasteiger partial charge in [0.15, 0.2) is 0 Å². The molecule has 0 radical (unpaired) electrons. The number of hydrogen-bond donors (Lipinski definition) is 1. The van der Waals surface area contributed by atoms with Crippen molar-refractivity contribution in [2.75, 3.05) is 5.32 Å². The first-order chi connectivity index (χ1) is 10.7. The molecule has 0 aliphatic heterocycles. The Labute approximate surface area is 134 Å². The second kappa shape index (κ2) is 5.36. The van der Waals surface area contributed by atoms with Crippen LogP contribution in [0, 0.1) is 6.92 Å². The molecule has 0 fully saturated rings. The molecule has 4 heteroatoms. The number of rotatable bonds is 3. The van der Waals surface area contributed by atoms with Crippen LogP contribution in [0.4, 0.5) is 11.5 Å². The van der Waals surface area contributed by atoms with E-state index >= 15 is 0 Å². The fourth-order valence-electron chi connectivity index (χ4n) is 3.06. The molecule has 3 nitrogen and oxygen atoms in total. The van der Waals surface area contributed by atoms with Gasteiger partial charge in [0.05, 0.1) is 5.39 Å². The third-order valence-corrected chi connectivity index (χ3v) is 5.43. The number of anilines is 2. The summed E-state index contributed by atoms with van der Waals surface area (Å²) < 4.78 is 0. The van der Waals surface area contributed by atoms with Crippen molar-refractivity contribution in [1.82, 2.24) is 9.97 Å². The first kappa shape index (κ1) is 13.7. The van der Waals surface area contributed by atoms with E-state index in [4.69, 9.17) is 9.97 Å². The van der Waals surface area contributed by atoms with Gasteiger partial charge in [0.1, 0.15) is 16.5 Å². The second-order valence-corrected chi connectivity index (χ2v) is 6.95. The molecule has 1 N–H and O–H groups in total. The predicted octanol–water partition coefficient (Wildman–Crippen LogP) is 4.79. The minimum Gasteiger partial charge on any atom is -0.340 e. The summed E-state index contributed by atoms with van der Waals surface area (Å²) in [7, 11) is 0. The van der Waals surface area contributed by atoms with Gasteiger partial charge in [-0.2, -0.15) is 0 Å². The fourth-order valence-corrected chi connectivity index (χ4v) is 4.34. The first-order valence-electron chi connectivity index (χ1n) is 7.89. The third kappa shape index (κ3) is 2.28. The summed E-state index contributed by atoms with van der Waals surface area (Å²) in [6.07, 6.45) is 4.48. The van der Waals surface area contributed by atoms with Gasteiger partial charge in [-0.3, -0.25) is 0 Å². The van der Waals surface area contributed by atoms with Crippen LogP contribution in [0.1, 0.15) is 35.2 Å². The summed E-state index contributed by atoms with van der Waals surface area (Å²) in [6.45, 7) is 4.21. The number of fused-ring (bicyclic) bond motifs is 3. The summed E-state index contributed by atoms with van der Waals surface area (Å²) in [4.78, 5) is 12.2. The largest absolute Gasteiger partial charge is 0.340 e. The Bertz CT molecular complexity index is 834. The Morgan fingerprint density at radius 1 is 1.14 bits per heavy atom. The van der Waals surface area contributed by atoms with E-state index < -0.39 is 0 Å². The number of nitrogens with zero attached hydrogens (tertiary/aromatic N) is 2. The fraction of sp³-hybridized carbons (Fsp3) is 0.333. The van der Waals surface area contributed by atoms with E-state index in [1.54, 1.807) is 0 Å². The van der Waals surface area contributed by atoms with Crippen LogP contribution >= 0.6 is 11.3 Å². The SMILES string of the molecule is CCc1nc(Nc2ccc(C)cc2)c2c3c(sc2n1)CCC3. The van der Waals surface area contributed by atoms with Crippen molar-refractivity contribution in [2.24, 2.45) is 0 Å². The number of hydrogen-bond acceptors (Lipinski definition) is 4. The van der Waals surface area contributed by atoms with Gasteiger partial charge in [0, 0.05) is 17.0 Å². The summed E-state index contributed by atoms with van der Waals surface area (Å²) in [6, 6.07) is 8.47. The zero-order valence-corrected chi connectivity index (χ0v) is 13.8. The molecule has 0 saturated heterocycles. The van der Waals surface area contributed by atoms with Crippen LogP contribution in [-0.2, 0) is 19.3 Å². The van der Waals surface area contributed by atoms with E-state index in [-0.39, 0.29) is 0 Å². The van der Waals surface area contributed by atoms with Crippen LogP contribution < -0.4 is 5.32 Å². The predicted molar refractivity (Wildman–Crippen MR) is 93.3 cm³/mol. The molecule has 3 aromatic rings. The maximum absolute atomic E-state index is 4.77. The zero-order valence-electron chi connectivity index (χ0n) is 12.9. The third-order valence-electron chi connectivity index (χ3n) is 4.24. The topological polar surface area (TPSA) is 37.8 Å². The standard InChI is InChI=1S/C18H19N3S/c1-3-15-20-17(19-12-9-7-11(2)8-10-12)16-13-5-4-6-14(13)22-18(16)21-15/h7-10H,3-6H2,1-2H3,(H,19,20,21). The molecule has 22 heavy (non-hydrogen) atoms. The molecular formula is C18H19N3S. The normalized spacial score (nSPS) is 13.5. The van der Waals surface area contributed by atoms with Crippen molar-refractivity contribution < 1.29 is 0 Å². The van der Waals surface area contributed by atoms with E-state index in [1.807, 2.05) is 11.3 Å². The average molecular weight is 309 g/mol. The van der Waals surface area contributed by atoms with Gasteiger partial charge >= 0.3 is 0 Å². The van der Waals surface area contributed by atoms with E-state index in [2.05, 4.69) is 43.4 Å². The molecule has 4 rings (SSSR count). The number of thiophene rings is 1. The number of aromatic nitrogens is 2.